The zero-order chi connectivity index (χ0) is 32.8. The monoisotopic (exact) mass is 668 g/mol. The minimum atomic E-state index is 1.23. The molecule has 0 fully saturated rings. The Morgan fingerprint density at radius 2 is 0.760 bits per heavy atom. The van der Waals surface area contributed by atoms with Gasteiger partial charge in [0.05, 0.1) is 0 Å². The van der Waals surface area contributed by atoms with Crippen molar-refractivity contribution in [1.82, 2.24) is 0 Å². The molecule has 0 N–H and O–H groups in total. The number of hydrogen-bond acceptors (Lipinski definition) is 2. The lowest BCUT2D eigenvalue weighted by molar-refractivity contribution is 1.61. The van der Waals surface area contributed by atoms with E-state index in [4.69, 9.17) is 0 Å². The van der Waals surface area contributed by atoms with Crippen LogP contribution in [0, 0.1) is 0 Å². The fourth-order valence-electron chi connectivity index (χ4n) is 8.14. The Labute approximate surface area is 297 Å². The maximum Gasteiger partial charge on any atom is 0.0433 e. The minimum absolute atomic E-state index is 1.23. The lowest BCUT2D eigenvalue weighted by Gasteiger charge is -2.18. The maximum absolute atomic E-state index is 2.45. The highest BCUT2D eigenvalue weighted by Crippen LogP contribution is 2.47. The van der Waals surface area contributed by atoms with Crippen molar-refractivity contribution in [2.75, 3.05) is 0 Å². The van der Waals surface area contributed by atoms with E-state index in [0.717, 1.165) is 0 Å². The van der Waals surface area contributed by atoms with Crippen LogP contribution in [0.1, 0.15) is 0 Å². The molecule has 0 saturated heterocycles. The molecule has 0 nitrogen and oxygen atoms in total. The van der Waals surface area contributed by atoms with Crippen LogP contribution < -0.4 is 0 Å². The lowest BCUT2D eigenvalue weighted by Crippen LogP contribution is -1.91. The SMILES string of the molecule is c1ccc(-c2ccc(-c3c4ccccc4c(-c4ccc5sc6cc7c(cc6c5c4)sc4c5ccccc5ccc74)c4ccccc34)cc2)cc1. The zero-order valence-electron chi connectivity index (χ0n) is 27.0. The van der Waals surface area contributed by atoms with Gasteiger partial charge in [0.1, 0.15) is 0 Å². The Balaban J connectivity index is 1.13. The quantitative estimate of drug-likeness (QED) is 0.164. The molecule has 232 valence electrons. The molecule has 0 saturated carbocycles. The number of hydrogen-bond donors (Lipinski definition) is 0. The molecule has 9 aromatic carbocycles. The first-order valence-electron chi connectivity index (χ1n) is 17.1. The molecule has 0 bridgehead atoms. The standard InChI is InChI=1S/C48H28S2/c1-2-10-29(11-3-1)30-18-20-32(21-19-30)46-35-14-6-8-16-37(35)47(38-17-9-7-15-36(38)46)33-23-25-43-40(26-33)42-28-45-41(27-44(42)49-43)39-24-22-31-12-4-5-13-34(31)48(39)50-45/h1-28H. The van der Waals surface area contributed by atoms with Crippen molar-refractivity contribution in [1.29, 1.82) is 0 Å². The second-order valence-corrected chi connectivity index (χ2v) is 15.3. The normalized spacial score (nSPS) is 12.0. The molecular formula is C48H28S2. The Morgan fingerprint density at radius 3 is 1.46 bits per heavy atom. The molecule has 0 amide bonds. The van der Waals surface area contributed by atoms with Crippen LogP contribution in [-0.4, -0.2) is 0 Å². The summed E-state index contributed by atoms with van der Waals surface area (Å²) >= 11 is 3.83. The molecule has 0 aliphatic carbocycles. The molecule has 0 aliphatic heterocycles. The van der Waals surface area contributed by atoms with E-state index in [1.165, 1.54) is 106 Å². The molecule has 0 atom stereocenters. The van der Waals surface area contributed by atoms with Gasteiger partial charge in [-0.05, 0) is 90.0 Å². The molecule has 11 aromatic rings. The third-order valence-electron chi connectivity index (χ3n) is 10.5. The first-order valence-corrected chi connectivity index (χ1v) is 18.7. The van der Waals surface area contributed by atoms with Crippen molar-refractivity contribution in [2.24, 2.45) is 0 Å². The van der Waals surface area contributed by atoms with Gasteiger partial charge in [0.25, 0.3) is 0 Å². The first kappa shape index (κ1) is 28.1. The van der Waals surface area contributed by atoms with Gasteiger partial charge in [0.2, 0.25) is 0 Å². The minimum Gasteiger partial charge on any atom is -0.135 e. The summed E-state index contributed by atoms with van der Waals surface area (Å²) in [6.45, 7) is 0. The third kappa shape index (κ3) is 4.16. The first-order chi connectivity index (χ1) is 24.8. The Bertz CT molecular complexity index is 3070. The van der Waals surface area contributed by atoms with Crippen LogP contribution in [0.25, 0.3) is 106 Å². The van der Waals surface area contributed by atoms with Gasteiger partial charge < -0.3 is 0 Å². The summed E-state index contributed by atoms with van der Waals surface area (Å²) in [4.78, 5) is 0. The number of benzene rings is 9. The molecule has 0 spiro atoms. The third-order valence-corrected chi connectivity index (χ3v) is 12.8. The van der Waals surface area contributed by atoms with E-state index >= 15 is 0 Å². The molecule has 2 heterocycles. The Morgan fingerprint density at radius 1 is 0.260 bits per heavy atom. The van der Waals surface area contributed by atoms with Gasteiger partial charge in [-0.2, -0.15) is 0 Å². The van der Waals surface area contributed by atoms with Crippen molar-refractivity contribution < 1.29 is 0 Å². The van der Waals surface area contributed by atoms with Crippen molar-refractivity contribution in [3.63, 3.8) is 0 Å². The highest BCUT2D eigenvalue weighted by atomic mass is 32.1. The largest absolute Gasteiger partial charge is 0.135 e. The maximum atomic E-state index is 2.45. The van der Waals surface area contributed by atoms with Crippen LogP contribution in [0.4, 0.5) is 0 Å². The summed E-state index contributed by atoms with van der Waals surface area (Å²) in [5.41, 5.74) is 7.57. The molecule has 2 aromatic heterocycles. The summed E-state index contributed by atoms with van der Waals surface area (Å²) < 4.78 is 5.42. The predicted molar refractivity (Wildman–Crippen MR) is 221 cm³/mol. The zero-order valence-corrected chi connectivity index (χ0v) is 28.6. The number of fused-ring (bicyclic) bond motifs is 10. The molecule has 11 rings (SSSR count). The van der Waals surface area contributed by atoms with Gasteiger partial charge in [-0.15, -0.1) is 22.7 Å². The highest BCUT2D eigenvalue weighted by Gasteiger charge is 2.18. The molecule has 0 unspecified atom stereocenters. The van der Waals surface area contributed by atoms with Crippen LogP contribution in [-0.2, 0) is 0 Å². The van der Waals surface area contributed by atoms with E-state index in [1.807, 2.05) is 22.7 Å². The van der Waals surface area contributed by atoms with Crippen LogP contribution >= 0.6 is 22.7 Å². The van der Waals surface area contributed by atoms with E-state index in [-0.39, 0.29) is 0 Å². The van der Waals surface area contributed by atoms with Crippen LogP contribution in [0.5, 0.6) is 0 Å². The molecular weight excluding hydrogens is 641 g/mol. The molecule has 0 aliphatic rings. The van der Waals surface area contributed by atoms with Gasteiger partial charge in [-0.3, -0.25) is 0 Å². The van der Waals surface area contributed by atoms with E-state index in [0.29, 0.717) is 0 Å². The fraction of sp³-hybridized carbons (Fsp3) is 0. The second kappa shape index (κ2) is 10.9. The summed E-state index contributed by atoms with van der Waals surface area (Å²) in [5.74, 6) is 0. The Kier molecular flexibility index (Phi) is 6.09. The molecule has 2 heteroatoms. The highest BCUT2D eigenvalue weighted by molar-refractivity contribution is 7.28. The average molecular weight is 669 g/mol. The van der Waals surface area contributed by atoms with Gasteiger partial charge in [-0.25, -0.2) is 0 Å². The topological polar surface area (TPSA) is 0 Å². The van der Waals surface area contributed by atoms with Gasteiger partial charge in [0, 0.05) is 40.3 Å². The molecule has 50 heavy (non-hydrogen) atoms. The lowest BCUT2D eigenvalue weighted by atomic mass is 9.85. The van der Waals surface area contributed by atoms with Crippen molar-refractivity contribution in [3.8, 4) is 33.4 Å². The second-order valence-electron chi connectivity index (χ2n) is 13.2. The van der Waals surface area contributed by atoms with Crippen molar-refractivity contribution >= 4 is 95.3 Å². The Hall–Kier alpha value is -5.80. The summed E-state index contributed by atoms with van der Waals surface area (Å²) in [6, 6.07) is 63.0. The van der Waals surface area contributed by atoms with E-state index in [9.17, 15) is 0 Å². The van der Waals surface area contributed by atoms with Crippen molar-refractivity contribution in [3.05, 3.63) is 170 Å². The fourth-order valence-corrected chi connectivity index (χ4v) is 10.5. The number of rotatable bonds is 3. The van der Waals surface area contributed by atoms with Crippen molar-refractivity contribution in [2.45, 2.75) is 0 Å². The number of thiophene rings is 2. The van der Waals surface area contributed by atoms with E-state index < -0.39 is 0 Å². The van der Waals surface area contributed by atoms with E-state index in [1.54, 1.807) is 0 Å². The van der Waals surface area contributed by atoms with Gasteiger partial charge in [0.15, 0.2) is 0 Å². The predicted octanol–water partition coefficient (Wildman–Crippen LogP) is 14.9. The van der Waals surface area contributed by atoms with Crippen LogP contribution in [0.2, 0.25) is 0 Å². The van der Waals surface area contributed by atoms with Crippen LogP contribution in [0.3, 0.4) is 0 Å². The average Bonchev–Trinajstić information content (AvgIpc) is 3.73. The summed E-state index contributed by atoms with van der Waals surface area (Å²) in [5, 5.41) is 13.2. The van der Waals surface area contributed by atoms with Crippen LogP contribution in [0.15, 0.2) is 170 Å². The smallest absolute Gasteiger partial charge is 0.0433 e. The van der Waals surface area contributed by atoms with Gasteiger partial charge in [-0.1, -0.05) is 146 Å². The summed E-state index contributed by atoms with van der Waals surface area (Å²) in [6.07, 6.45) is 0. The molecule has 0 radical (unpaired) electrons. The summed E-state index contributed by atoms with van der Waals surface area (Å²) in [7, 11) is 0. The van der Waals surface area contributed by atoms with E-state index in [2.05, 4.69) is 170 Å². The van der Waals surface area contributed by atoms with Gasteiger partial charge >= 0.3 is 0 Å².